The van der Waals surface area contributed by atoms with Crippen LogP contribution in [-0.4, -0.2) is 21.7 Å². The van der Waals surface area contributed by atoms with Gasteiger partial charge in [-0.3, -0.25) is 14.6 Å². The minimum Gasteiger partial charge on any atom is -0.365 e. The number of nitriles is 1. The number of nitrogens with zero attached hydrogens (tertiary/aromatic N) is 4. The molecule has 0 N–H and O–H groups in total. The van der Waals surface area contributed by atoms with Gasteiger partial charge in [0.05, 0.1) is 30.3 Å². The van der Waals surface area contributed by atoms with E-state index in [4.69, 9.17) is 0 Å². The molecule has 2 amide bonds. The first kappa shape index (κ1) is 17.0. The summed E-state index contributed by atoms with van der Waals surface area (Å²) in [6.07, 6.45) is 4.69. The number of fused-ring (bicyclic) bond motifs is 1. The molecule has 0 radical (unpaired) electrons. The van der Waals surface area contributed by atoms with Gasteiger partial charge in [-0.25, -0.2) is 4.90 Å². The van der Waals surface area contributed by atoms with E-state index >= 15 is 0 Å². The van der Waals surface area contributed by atoms with Gasteiger partial charge in [0.15, 0.2) is 0 Å². The van der Waals surface area contributed by atoms with E-state index in [1.165, 1.54) is 23.4 Å². The first-order chi connectivity index (χ1) is 13.1. The Hall–Kier alpha value is -3.46. The fraction of sp³-hybridized carbons (Fsp3) is 0.238. The summed E-state index contributed by atoms with van der Waals surface area (Å²) in [5.74, 6) is -1.43. The third kappa shape index (κ3) is 2.97. The molecule has 0 spiro atoms. The van der Waals surface area contributed by atoms with E-state index in [1.807, 2.05) is 36.1 Å². The number of amides is 2. The van der Waals surface area contributed by atoms with Crippen LogP contribution in [0.15, 0.2) is 54.5 Å². The van der Waals surface area contributed by atoms with Crippen molar-refractivity contribution in [3.63, 3.8) is 0 Å². The molecule has 6 nitrogen and oxygen atoms in total. The zero-order valence-electron chi connectivity index (χ0n) is 14.9. The van der Waals surface area contributed by atoms with Crippen LogP contribution in [0.4, 0.5) is 5.69 Å². The van der Waals surface area contributed by atoms with Crippen molar-refractivity contribution < 1.29 is 9.59 Å². The Morgan fingerprint density at radius 1 is 1.19 bits per heavy atom. The summed E-state index contributed by atoms with van der Waals surface area (Å²) >= 11 is 0. The molecule has 1 unspecified atom stereocenters. The lowest BCUT2D eigenvalue weighted by atomic mass is 9.94. The third-order valence-electron chi connectivity index (χ3n) is 4.99. The fourth-order valence-electron chi connectivity index (χ4n) is 3.71. The predicted molar refractivity (Wildman–Crippen MR) is 99.0 cm³/mol. The number of carbonyl (C=O) groups is 2. The molecule has 3 heterocycles. The molecule has 2 aliphatic heterocycles. The minimum absolute atomic E-state index is 0.0283. The average Bonchev–Trinajstić information content (AvgIpc) is 3.08. The standard InChI is InChI=1S/C21H18N4O2/c1-14-8-17(11-23-10-14)25-20(26)9-19(18(6-7-22)21(25)27)24-12-15-4-2-3-5-16(15)13-24/h2-5,8-11,18H,6,12-13H2,1H3. The number of hydrogen-bond acceptors (Lipinski definition) is 5. The summed E-state index contributed by atoms with van der Waals surface area (Å²) in [4.78, 5) is 33.2. The van der Waals surface area contributed by atoms with Crippen LogP contribution in [0.3, 0.4) is 0 Å². The van der Waals surface area contributed by atoms with Crippen LogP contribution in [0.5, 0.6) is 0 Å². The molecule has 134 valence electrons. The molecule has 0 saturated heterocycles. The second-order valence-corrected chi connectivity index (χ2v) is 6.84. The molecule has 6 heteroatoms. The van der Waals surface area contributed by atoms with Gasteiger partial charge in [0.2, 0.25) is 5.91 Å². The first-order valence-corrected chi connectivity index (χ1v) is 8.78. The Labute approximate surface area is 157 Å². The highest BCUT2D eigenvalue weighted by atomic mass is 16.2. The van der Waals surface area contributed by atoms with E-state index in [9.17, 15) is 14.9 Å². The Balaban J connectivity index is 1.71. The molecule has 2 aliphatic rings. The highest BCUT2D eigenvalue weighted by Crippen LogP contribution is 2.34. The van der Waals surface area contributed by atoms with Crippen LogP contribution in [0, 0.1) is 24.2 Å². The van der Waals surface area contributed by atoms with Gasteiger partial charge in [0.1, 0.15) is 0 Å². The number of aryl methyl sites for hydroxylation is 1. The largest absolute Gasteiger partial charge is 0.365 e. The highest BCUT2D eigenvalue weighted by Gasteiger charge is 2.40. The first-order valence-electron chi connectivity index (χ1n) is 8.78. The normalized spacial score (nSPS) is 19.0. The summed E-state index contributed by atoms with van der Waals surface area (Å²) in [5.41, 5.74) is 4.28. The molecule has 1 aromatic heterocycles. The van der Waals surface area contributed by atoms with Crippen LogP contribution in [0.1, 0.15) is 23.1 Å². The van der Waals surface area contributed by atoms with E-state index in [0.717, 1.165) is 10.5 Å². The zero-order chi connectivity index (χ0) is 19.0. The van der Waals surface area contributed by atoms with E-state index in [2.05, 4.69) is 11.1 Å². The molecule has 0 saturated carbocycles. The molecule has 0 bridgehead atoms. The molecule has 0 aliphatic carbocycles. The Morgan fingerprint density at radius 3 is 2.52 bits per heavy atom. The summed E-state index contributed by atoms with van der Waals surface area (Å²) < 4.78 is 0. The topological polar surface area (TPSA) is 77.3 Å². The van der Waals surface area contributed by atoms with Crippen molar-refractivity contribution in [3.05, 3.63) is 71.2 Å². The van der Waals surface area contributed by atoms with Crippen LogP contribution in [-0.2, 0) is 22.7 Å². The second-order valence-electron chi connectivity index (χ2n) is 6.84. The second kappa shape index (κ2) is 6.69. The quantitative estimate of drug-likeness (QED) is 0.789. The third-order valence-corrected chi connectivity index (χ3v) is 4.99. The van der Waals surface area contributed by atoms with Gasteiger partial charge >= 0.3 is 0 Å². The molecule has 0 fully saturated rings. The number of hydrogen-bond donors (Lipinski definition) is 0. The number of pyridine rings is 1. The Morgan fingerprint density at radius 2 is 1.89 bits per heavy atom. The van der Waals surface area contributed by atoms with Gasteiger partial charge in [-0.1, -0.05) is 24.3 Å². The number of rotatable bonds is 3. The maximum Gasteiger partial charge on any atom is 0.259 e. The van der Waals surface area contributed by atoms with Gasteiger partial charge in [-0.15, -0.1) is 0 Å². The fourth-order valence-corrected chi connectivity index (χ4v) is 3.71. The molecular weight excluding hydrogens is 340 g/mol. The van der Waals surface area contributed by atoms with Crippen LogP contribution < -0.4 is 4.90 Å². The van der Waals surface area contributed by atoms with Crippen molar-refractivity contribution in [2.45, 2.75) is 26.4 Å². The number of anilines is 1. The van der Waals surface area contributed by atoms with Gasteiger partial charge in [0.25, 0.3) is 5.91 Å². The smallest absolute Gasteiger partial charge is 0.259 e. The van der Waals surface area contributed by atoms with E-state index in [0.29, 0.717) is 24.5 Å². The molecule has 4 rings (SSSR count). The molecule has 1 aromatic carbocycles. The van der Waals surface area contributed by atoms with Crippen LogP contribution in [0.2, 0.25) is 0 Å². The van der Waals surface area contributed by atoms with Crippen molar-refractivity contribution in [2.24, 2.45) is 5.92 Å². The highest BCUT2D eigenvalue weighted by molar-refractivity contribution is 6.22. The van der Waals surface area contributed by atoms with Crippen molar-refractivity contribution >= 4 is 17.5 Å². The Bertz CT molecular complexity index is 980. The molecule has 2 aromatic rings. The number of carbonyl (C=O) groups excluding carboxylic acids is 2. The number of imide groups is 1. The van der Waals surface area contributed by atoms with E-state index in [1.54, 1.807) is 12.3 Å². The Kier molecular flexibility index (Phi) is 4.21. The maximum absolute atomic E-state index is 13.1. The van der Waals surface area contributed by atoms with E-state index in [-0.39, 0.29) is 12.3 Å². The summed E-state index contributed by atoms with van der Waals surface area (Å²) in [7, 11) is 0. The number of aromatic nitrogens is 1. The van der Waals surface area contributed by atoms with Crippen molar-refractivity contribution in [3.8, 4) is 6.07 Å². The van der Waals surface area contributed by atoms with Crippen molar-refractivity contribution in [2.75, 3.05) is 4.90 Å². The average molecular weight is 358 g/mol. The van der Waals surface area contributed by atoms with Gasteiger partial charge in [-0.2, -0.15) is 5.26 Å². The van der Waals surface area contributed by atoms with Gasteiger partial charge in [-0.05, 0) is 29.7 Å². The predicted octanol–water partition coefficient (Wildman–Crippen LogP) is 2.69. The molecular formula is C21H18N4O2. The summed E-state index contributed by atoms with van der Waals surface area (Å²) in [6, 6.07) is 11.9. The zero-order valence-corrected chi connectivity index (χ0v) is 14.9. The lowest BCUT2D eigenvalue weighted by Crippen LogP contribution is -2.47. The van der Waals surface area contributed by atoms with E-state index < -0.39 is 11.8 Å². The van der Waals surface area contributed by atoms with Gasteiger partial charge < -0.3 is 4.90 Å². The number of benzene rings is 1. The molecule has 27 heavy (non-hydrogen) atoms. The maximum atomic E-state index is 13.1. The lowest BCUT2D eigenvalue weighted by molar-refractivity contribution is -0.127. The van der Waals surface area contributed by atoms with Crippen molar-refractivity contribution in [1.82, 2.24) is 9.88 Å². The summed E-state index contributed by atoms with van der Waals surface area (Å²) in [6.45, 7) is 3.12. The van der Waals surface area contributed by atoms with Gasteiger partial charge in [0, 0.05) is 31.1 Å². The lowest BCUT2D eigenvalue weighted by Gasteiger charge is -2.34. The van der Waals surface area contributed by atoms with Crippen LogP contribution in [0.25, 0.3) is 0 Å². The summed E-state index contributed by atoms with van der Waals surface area (Å²) in [5, 5.41) is 9.27. The van der Waals surface area contributed by atoms with Crippen LogP contribution >= 0.6 is 0 Å². The molecule has 1 atom stereocenters. The minimum atomic E-state index is -0.664. The SMILES string of the molecule is Cc1cncc(N2C(=O)C=C(N3Cc4ccccc4C3)C(CC#N)C2=O)c1. The monoisotopic (exact) mass is 358 g/mol. The van der Waals surface area contributed by atoms with Crippen molar-refractivity contribution in [1.29, 1.82) is 5.26 Å².